The van der Waals surface area contributed by atoms with Gasteiger partial charge in [-0.3, -0.25) is 9.52 Å². The summed E-state index contributed by atoms with van der Waals surface area (Å²) in [4.78, 5) is 12.5. The van der Waals surface area contributed by atoms with E-state index in [-0.39, 0.29) is 17.1 Å². The number of methoxy groups -OCH3 is 1. The number of amides is 1. The van der Waals surface area contributed by atoms with E-state index in [1.807, 2.05) is 0 Å². The molecule has 0 aliphatic carbocycles. The third kappa shape index (κ3) is 5.96. The van der Waals surface area contributed by atoms with Crippen molar-refractivity contribution in [1.29, 1.82) is 0 Å². The molecule has 0 atom stereocenters. The molecule has 1 fully saturated rings. The predicted molar refractivity (Wildman–Crippen MR) is 103 cm³/mol. The molecule has 1 heterocycles. The average Bonchev–Trinajstić information content (AvgIpc) is 2.60. The van der Waals surface area contributed by atoms with Crippen molar-refractivity contribution in [3.05, 3.63) is 29.8 Å². The minimum absolute atomic E-state index is 0.0526. The van der Waals surface area contributed by atoms with Crippen LogP contribution in [0.2, 0.25) is 0 Å². The van der Waals surface area contributed by atoms with Crippen LogP contribution in [0, 0.1) is 5.41 Å². The van der Waals surface area contributed by atoms with Crippen molar-refractivity contribution in [2.75, 3.05) is 43.8 Å². The number of hydrogen-bond donors (Lipinski definition) is 3. The van der Waals surface area contributed by atoms with Crippen LogP contribution in [0.4, 0.5) is 5.69 Å². The SMILES string of the molecule is CCCS(=O)(=O)Nc1cccc(C(=O)NCC2(COC)CCNCC2)c1. The maximum absolute atomic E-state index is 12.5. The number of benzene rings is 1. The number of carbonyl (C=O) groups excluding carboxylic acids is 1. The summed E-state index contributed by atoms with van der Waals surface area (Å²) in [6, 6.07) is 6.56. The Morgan fingerprint density at radius 1 is 1.31 bits per heavy atom. The first-order valence-electron chi connectivity index (χ1n) is 8.98. The molecule has 1 aliphatic rings. The fraction of sp³-hybridized carbons (Fsp3) is 0.611. The fourth-order valence-corrected chi connectivity index (χ4v) is 4.35. The highest BCUT2D eigenvalue weighted by Gasteiger charge is 2.32. The third-order valence-electron chi connectivity index (χ3n) is 4.61. The van der Waals surface area contributed by atoms with Crippen LogP contribution < -0.4 is 15.4 Å². The van der Waals surface area contributed by atoms with E-state index in [0.29, 0.717) is 30.8 Å². The first kappa shape index (κ1) is 20.7. The van der Waals surface area contributed by atoms with Gasteiger partial charge in [0, 0.05) is 30.3 Å². The molecule has 0 spiro atoms. The van der Waals surface area contributed by atoms with Crippen LogP contribution in [0.5, 0.6) is 0 Å². The van der Waals surface area contributed by atoms with E-state index >= 15 is 0 Å². The number of rotatable bonds is 9. The Kier molecular flexibility index (Phi) is 7.43. The summed E-state index contributed by atoms with van der Waals surface area (Å²) in [6.07, 6.45) is 2.42. The molecule has 1 amide bonds. The first-order valence-corrected chi connectivity index (χ1v) is 10.6. The highest BCUT2D eigenvalue weighted by molar-refractivity contribution is 7.92. The molecule has 26 heavy (non-hydrogen) atoms. The average molecular weight is 384 g/mol. The quantitative estimate of drug-likeness (QED) is 0.602. The summed E-state index contributed by atoms with van der Waals surface area (Å²) in [7, 11) is -1.70. The lowest BCUT2D eigenvalue weighted by Gasteiger charge is -2.37. The number of carbonyl (C=O) groups is 1. The van der Waals surface area contributed by atoms with Crippen molar-refractivity contribution in [3.8, 4) is 0 Å². The van der Waals surface area contributed by atoms with E-state index < -0.39 is 10.0 Å². The Morgan fingerprint density at radius 2 is 2.04 bits per heavy atom. The molecule has 0 saturated carbocycles. The maximum Gasteiger partial charge on any atom is 0.251 e. The molecule has 0 unspecified atom stereocenters. The molecule has 146 valence electrons. The second-order valence-corrected chi connectivity index (χ2v) is 8.71. The zero-order valence-electron chi connectivity index (χ0n) is 15.5. The van der Waals surface area contributed by atoms with Gasteiger partial charge in [-0.25, -0.2) is 8.42 Å². The van der Waals surface area contributed by atoms with E-state index in [2.05, 4.69) is 15.4 Å². The molecule has 3 N–H and O–H groups in total. The van der Waals surface area contributed by atoms with Crippen LogP contribution in [-0.2, 0) is 14.8 Å². The van der Waals surface area contributed by atoms with Crippen molar-refractivity contribution < 1.29 is 17.9 Å². The van der Waals surface area contributed by atoms with Gasteiger partial charge < -0.3 is 15.4 Å². The third-order valence-corrected chi connectivity index (χ3v) is 6.10. The monoisotopic (exact) mass is 383 g/mol. The molecule has 7 nitrogen and oxygen atoms in total. The topological polar surface area (TPSA) is 96.5 Å². The van der Waals surface area contributed by atoms with Gasteiger partial charge in [-0.1, -0.05) is 13.0 Å². The lowest BCUT2D eigenvalue weighted by molar-refractivity contribution is 0.0512. The van der Waals surface area contributed by atoms with Gasteiger partial charge in [-0.15, -0.1) is 0 Å². The summed E-state index contributed by atoms with van der Waals surface area (Å²) >= 11 is 0. The van der Waals surface area contributed by atoms with Gasteiger partial charge >= 0.3 is 0 Å². The Bertz CT molecular complexity index is 695. The van der Waals surface area contributed by atoms with Gasteiger partial charge in [-0.05, 0) is 50.6 Å². The molecular formula is C18H29N3O4S. The van der Waals surface area contributed by atoms with Crippen LogP contribution >= 0.6 is 0 Å². The van der Waals surface area contributed by atoms with Gasteiger partial charge in [0.1, 0.15) is 0 Å². The predicted octanol–water partition coefficient (Wildman–Crippen LogP) is 1.58. The van der Waals surface area contributed by atoms with Gasteiger partial charge in [0.15, 0.2) is 0 Å². The molecule has 1 aromatic rings. The van der Waals surface area contributed by atoms with E-state index in [4.69, 9.17) is 4.74 Å². The smallest absolute Gasteiger partial charge is 0.251 e. The van der Waals surface area contributed by atoms with Crippen LogP contribution in [0.15, 0.2) is 24.3 Å². The minimum Gasteiger partial charge on any atom is -0.384 e. The molecule has 8 heteroatoms. The van der Waals surface area contributed by atoms with Gasteiger partial charge in [0.2, 0.25) is 10.0 Å². The van der Waals surface area contributed by atoms with Crippen molar-refractivity contribution in [1.82, 2.24) is 10.6 Å². The van der Waals surface area contributed by atoms with E-state index in [1.165, 1.54) is 0 Å². The Labute approximate surface area is 155 Å². The molecule has 1 saturated heterocycles. The summed E-state index contributed by atoms with van der Waals surface area (Å²) in [5, 5.41) is 6.31. The van der Waals surface area contributed by atoms with E-state index in [9.17, 15) is 13.2 Å². The van der Waals surface area contributed by atoms with Gasteiger partial charge in [0.25, 0.3) is 5.91 Å². The molecule has 0 bridgehead atoms. The number of sulfonamides is 1. The molecular weight excluding hydrogens is 354 g/mol. The summed E-state index contributed by atoms with van der Waals surface area (Å²) in [6.45, 7) is 4.76. The maximum atomic E-state index is 12.5. The number of ether oxygens (including phenoxy) is 1. The van der Waals surface area contributed by atoms with Crippen molar-refractivity contribution in [2.24, 2.45) is 5.41 Å². The second kappa shape index (κ2) is 9.34. The largest absolute Gasteiger partial charge is 0.384 e. The lowest BCUT2D eigenvalue weighted by atomic mass is 9.79. The molecule has 1 aromatic carbocycles. The lowest BCUT2D eigenvalue weighted by Crippen LogP contribution is -2.47. The van der Waals surface area contributed by atoms with Crippen molar-refractivity contribution >= 4 is 21.6 Å². The van der Waals surface area contributed by atoms with Crippen LogP contribution in [0.1, 0.15) is 36.5 Å². The summed E-state index contributed by atoms with van der Waals surface area (Å²) in [5.41, 5.74) is 0.776. The normalized spacial score (nSPS) is 16.8. The van der Waals surface area contributed by atoms with E-state index in [1.54, 1.807) is 38.3 Å². The van der Waals surface area contributed by atoms with Crippen LogP contribution in [0.3, 0.4) is 0 Å². The molecule has 0 aromatic heterocycles. The molecule has 0 radical (unpaired) electrons. The minimum atomic E-state index is -3.38. The Morgan fingerprint density at radius 3 is 2.69 bits per heavy atom. The van der Waals surface area contributed by atoms with Crippen molar-refractivity contribution in [2.45, 2.75) is 26.2 Å². The number of nitrogens with one attached hydrogen (secondary N) is 3. The van der Waals surface area contributed by atoms with Gasteiger partial charge in [0.05, 0.1) is 12.4 Å². The molecule has 1 aliphatic heterocycles. The number of hydrogen-bond acceptors (Lipinski definition) is 5. The van der Waals surface area contributed by atoms with Crippen LogP contribution in [-0.4, -0.2) is 53.4 Å². The fourth-order valence-electron chi connectivity index (χ4n) is 3.23. The number of anilines is 1. The highest BCUT2D eigenvalue weighted by Crippen LogP contribution is 2.28. The van der Waals surface area contributed by atoms with Gasteiger partial charge in [-0.2, -0.15) is 0 Å². The van der Waals surface area contributed by atoms with Crippen molar-refractivity contribution in [3.63, 3.8) is 0 Å². The molecule has 2 rings (SSSR count). The Hall–Kier alpha value is -1.64. The van der Waals surface area contributed by atoms with Crippen LogP contribution in [0.25, 0.3) is 0 Å². The summed E-state index contributed by atoms with van der Waals surface area (Å²) < 4.78 is 31.7. The zero-order valence-corrected chi connectivity index (χ0v) is 16.3. The first-order chi connectivity index (χ1) is 12.4. The zero-order chi connectivity index (χ0) is 19.0. The Balaban J connectivity index is 2.02. The highest BCUT2D eigenvalue weighted by atomic mass is 32.2. The number of piperidine rings is 1. The second-order valence-electron chi connectivity index (χ2n) is 6.87. The van der Waals surface area contributed by atoms with E-state index in [0.717, 1.165) is 25.9 Å². The standard InChI is InChI=1S/C18H29N3O4S/c1-3-11-26(23,24)21-16-6-4-5-15(12-16)17(22)20-13-18(14-25-2)7-9-19-10-8-18/h4-6,12,19,21H,3,7-11,13-14H2,1-2H3,(H,20,22). The summed E-state index contributed by atoms with van der Waals surface area (Å²) in [5.74, 6) is -0.160.